The van der Waals surface area contributed by atoms with Crippen LogP contribution in [0.2, 0.25) is 0 Å². The fraction of sp³-hybridized carbons (Fsp3) is 0.824. The van der Waals surface area contributed by atoms with E-state index in [1.807, 2.05) is 11.3 Å². The van der Waals surface area contributed by atoms with Crippen LogP contribution in [0.15, 0.2) is 0 Å². The van der Waals surface area contributed by atoms with E-state index < -0.39 is 0 Å². The summed E-state index contributed by atoms with van der Waals surface area (Å²) in [7, 11) is 0. The van der Waals surface area contributed by atoms with Crippen LogP contribution in [0.25, 0.3) is 0 Å². The van der Waals surface area contributed by atoms with Crippen molar-refractivity contribution >= 4 is 16.5 Å². The molecule has 1 saturated carbocycles. The highest BCUT2D eigenvalue weighted by Gasteiger charge is 2.36. The van der Waals surface area contributed by atoms with E-state index >= 15 is 0 Å². The summed E-state index contributed by atoms with van der Waals surface area (Å²) in [5, 5.41) is 4.89. The predicted octanol–water partition coefficient (Wildman–Crippen LogP) is 4.29. The molecule has 4 heteroatoms. The quantitative estimate of drug-likeness (QED) is 0.899. The summed E-state index contributed by atoms with van der Waals surface area (Å²) in [5.41, 5.74) is 1.82. The number of nitrogens with zero attached hydrogens (tertiary/aromatic N) is 2. The van der Waals surface area contributed by atoms with Gasteiger partial charge in [-0.15, -0.1) is 11.3 Å². The highest BCUT2D eigenvalue weighted by Crippen LogP contribution is 2.46. The molecule has 1 saturated heterocycles. The van der Waals surface area contributed by atoms with Crippen molar-refractivity contribution in [3.63, 3.8) is 0 Å². The molecular formula is C17H29N3S. The Balaban J connectivity index is 1.83. The average molecular weight is 308 g/mol. The summed E-state index contributed by atoms with van der Waals surface area (Å²) in [4.78, 5) is 9.05. The van der Waals surface area contributed by atoms with Crippen molar-refractivity contribution in [3.8, 4) is 0 Å². The van der Waals surface area contributed by atoms with Gasteiger partial charge in [0.2, 0.25) is 0 Å². The zero-order chi connectivity index (χ0) is 15.3. The Hall–Kier alpha value is -0.610. The lowest BCUT2D eigenvalue weighted by atomic mass is 10.0. The van der Waals surface area contributed by atoms with Crippen LogP contribution in [0.5, 0.6) is 0 Å². The van der Waals surface area contributed by atoms with Crippen molar-refractivity contribution in [1.82, 2.24) is 10.3 Å². The van der Waals surface area contributed by atoms with E-state index in [9.17, 15) is 0 Å². The predicted molar refractivity (Wildman–Crippen MR) is 91.3 cm³/mol. The van der Waals surface area contributed by atoms with Crippen LogP contribution in [0.1, 0.15) is 76.8 Å². The first-order valence-electron chi connectivity index (χ1n) is 8.28. The van der Waals surface area contributed by atoms with Gasteiger partial charge in [-0.05, 0) is 60.3 Å². The summed E-state index contributed by atoms with van der Waals surface area (Å²) in [6.45, 7) is 13.5. The van der Waals surface area contributed by atoms with Crippen LogP contribution in [0.3, 0.4) is 0 Å². The molecule has 1 N–H and O–H groups in total. The summed E-state index contributed by atoms with van der Waals surface area (Å²) < 4.78 is 0. The molecular weight excluding hydrogens is 278 g/mol. The second-order valence-electron chi connectivity index (χ2n) is 8.25. The molecule has 21 heavy (non-hydrogen) atoms. The molecule has 3 rings (SSSR count). The molecule has 2 aliphatic rings. The average Bonchev–Trinajstić information content (AvgIpc) is 3.02. The van der Waals surface area contributed by atoms with Gasteiger partial charge in [0.05, 0.1) is 5.69 Å². The van der Waals surface area contributed by atoms with Crippen molar-refractivity contribution in [2.45, 2.75) is 83.8 Å². The highest BCUT2D eigenvalue weighted by molar-refractivity contribution is 7.15. The van der Waals surface area contributed by atoms with E-state index in [1.54, 1.807) is 0 Å². The third-order valence-electron chi connectivity index (χ3n) is 4.59. The first kappa shape index (κ1) is 15.3. The van der Waals surface area contributed by atoms with Gasteiger partial charge in [-0.3, -0.25) is 0 Å². The lowest BCUT2D eigenvalue weighted by Crippen LogP contribution is -2.38. The van der Waals surface area contributed by atoms with E-state index in [0.29, 0.717) is 0 Å². The lowest BCUT2D eigenvalue weighted by Gasteiger charge is -2.31. The number of nitrogens with one attached hydrogen (secondary N) is 1. The number of rotatable bonds is 4. The Morgan fingerprint density at radius 3 is 2.57 bits per heavy atom. The SMILES string of the molecule is CC(C)(C)NCc1sc(N2CCCC2(C)C)nc1C1CC1. The second kappa shape index (κ2) is 5.24. The van der Waals surface area contributed by atoms with E-state index in [0.717, 1.165) is 19.0 Å². The number of thiazole rings is 1. The fourth-order valence-electron chi connectivity index (χ4n) is 3.08. The van der Waals surface area contributed by atoms with Crippen LogP contribution in [0.4, 0.5) is 5.13 Å². The molecule has 0 bridgehead atoms. The molecule has 0 unspecified atom stereocenters. The number of hydrogen-bond donors (Lipinski definition) is 1. The van der Waals surface area contributed by atoms with Crippen molar-refractivity contribution in [2.24, 2.45) is 0 Å². The van der Waals surface area contributed by atoms with Crippen LogP contribution in [-0.2, 0) is 6.54 Å². The van der Waals surface area contributed by atoms with Gasteiger partial charge in [0, 0.05) is 35.0 Å². The topological polar surface area (TPSA) is 28.2 Å². The number of anilines is 1. The summed E-state index contributed by atoms with van der Waals surface area (Å²) in [5.74, 6) is 0.734. The molecule has 0 amide bonds. The minimum absolute atomic E-state index is 0.165. The molecule has 118 valence electrons. The molecule has 2 heterocycles. The molecule has 0 radical (unpaired) electrons. The maximum atomic E-state index is 5.05. The summed E-state index contributed by atoms with van der Waals surface area (Å²) in [6.07, 6.45) is 5.23. The highest BCUT2D eigenvalue weighted by atomic mass is 32.1. The van der Waals surface area contributed by atoms with E-state index in [-0.39, 0.29) is 11.1 Å². The van der Waals surface area contributed by atoms with Crippen LogP contribution < -0.4 is 10.2 Å². The van der Waals surface area contributed by atoms with Gasteiger partial charge in [0.1, 0.15) is 0 Å². The molecule has 0 aromatic carbocycles. The minimum Gasteiger partial charge on any atom is -0.343 e. The van der Waals surface area contributed by atoms with E-state index in [4.69, 9.17) is 4.98 Å². The Bertz CT molecular complexity index is 509. The maximum absolute atomic E-state index is 5.05. The van der Waals surface area contributed by atoms with Gasteiger partial charge in [-0.25, -0.2) is 4.98 Å². The van der Waals surface area contributed by atoms with Crippen molar-refractivity contribution in [3.05, 3.63) is 10.6 Å². The number of hydrogen-bond acceptors (Lipinski definition) is 4. The van der Waals surface area contributed by atoms with Gasteiger partial charge in [-0.2, -0.15) is 0 Å². The van der Waals surface area contributed by atoms with Crippen LogP contribution in [0, 0.1) is 0 Å². The Morgan fingerprint density at radius 2 is 2.05 bits per heavy atom. The monoisotopic (exact) mass is 307 g/mol. The van der Waals surface area contributed by atoms with Crippen LogP contribution in [-0.4, -0.2) is 22.6 Å². The first-order valence-corrected chi connectivity index (χ1v) is 9.10. The summed E-state index contributed by atoms with van der Waals surface area (Å²) in [6, 6.07) is 0. The molecule has 1 aromatic heterocycles. The summed E-state index contributed by atoms with van der Waals surface area (Å²) >= 11 is 1.92. The molecule has 1 aliphatic heterocycles. The molecule has 1 aliphatic carbocycles. The maximum Gasteiger partial charge on any atom is 0.186 e. The van der Waals surface area contributed by atoms with Gasteiger partial charge >= 0.3 is 0 Å². The van der Waals surface area contributed by atoms with Crippen molar-refractivity contribution < 1.29 is 0 Å². The van der Waals surface area contributed by atoms with Gasteiger partial charge < -0.3 is 10.2 Å². The van der Waals surface area contributed by atoms with Gasteiger partial charge in [0.15, 0.2) is 5.13 Å². The van der Waals surface area contributed by atoms with Crippen molar-refractivity contribution in [2.75, 3.05) is 11.4 Å². The molecule has 3 nitrogen and oxygen atoms in total. The zero-order valence-corrected chi connectivity index (χ0v) is 14.9. The third-order valence-corrected chi connectivity index (χ3v) is 5.69. The molecule has 0 atom stereocenters. The first-order chi connectivity index (χ1) is 9.76. The molecule has 1 aromatic rings. The standard InChI is InChI=1S/C17H29N3S/c1-16(2,3)18-11-13-14(12-7-8-12)19-15(21-13)20-10-6-9-17(20,4)5/h12,18H,6-11H2,1-5H3. The Morgan fingerprint density at radius 1 is 1.33 bits per heavy atom. The fourth-order valence-corrected chi connectivity index (χ4v) is 4.35. The van der Waals surface area contributed by atoms with Gasteiger partial charge in [0.25, 0.3) is 0 Å². The smallest absolute Gasteiger partial charge is 0.186 e. The number of aromatic nitrogens is 1. The normalized spacial score (nSPS) is 22.0. The third kappa shape index (κ3) is 3.42. The van der Waals surface area contributed by atoms with E-state index in [2.05, 4.69) is 44.8 Å². The zero-order valence-electron chi connectivity index (χ0n) is 14.1. The minimum atomic E-state index is 0.165. The van der Waals surface area contributed by atoms with Gasteiger partial charge in [-0.1, -0.05) is 0 Å². The Kier molecular flexibility index (Phi) is 3.81. The Labute approximate surface area is 133 Å². The lowest BCUT2D eigenvalue weighted by molar-refractivity contribution is 0.425. The second-order valence-corrected chi connectivity index (χ2v) is 9.31. The largest absolute Gasteiger partial charge is 0.343 e. The van der Waals surface area contributed by atoms with E-state index in [1.165, 1.54) is 41.4 Å². The molecule has 0 spiro atoms. The van der Waals surface area contributed by atoms with Crippen molar-refractivity contribution in [1.29, 1.82) is 0 Å². The van der Waals surface area contributed by atoms with Crippen LogP contribution >= 0.6 is 11.3 Å². The molecule has 2 fully saturated rings.